The zero-order chi connectivity index (χ0) is 22.6. The maximum atomic E-state index is 13.4. The minimum atomic E-state index is -1.02. The minimum Gasteiger partial charge on any atom is -0.379 e. The van der Waals surface area contributed by atoms with Crippen molar-refractivity contribution >= 4 is 22.6 Å². The Morgan fingerprint density at radius 2 is 1.94 bits per heavy atom. The Labute approximate surface area is 188 Å². The van der Waals surface area contributed by atoms with E-state index in [1.807, 2.05) is 35.4 Å². The van der Waals surface area contributed by atoms with Crippen molar-refractivity contribution in [1.82, 2.24) is 15.2 Å². The van der Waals surface area contributed by atoms with Gasteiger partial charge in [0.1, 0.15) is 5.54 Å². The molecule has 2 aromatic carbocycles. The number of hydrogen-bond acceptors (Lipinski definition) is 4. The molecular weight excluding hydrogens is 402 g/mol. The summed E-state index contributed by atoms with van der Waals surface area (Å²) in [5, 5.41) is 5.17. The van der Waals surface area contributed by atoms with E-state index in [9.17, 15) is 9.59 Å². The van der Waals surface area contributed by atoms with Crippen molar-refractivity contribution in [3.05, 3.63) is 78.1 Å². The first-order valence-corrected chi connectivity index (χ1v) is 11.0. The van der Waals surface area contributed by atoms with Gasteiger partial charge in [-0.05, 0) is 49.4 Å². The van der Waals surface area contributed by atoms with Crippen LogP contribution in [0.4, 0.5) is 0 Å². The van der Waals surface area contributed by atoms with Gasteiger partial charge in [0.2, 0.25) is 5.91 Å². The number of ether oxygens (including phenoxy) is 1. The van der Waals surface area contributed by atoms with Gasteiger partial charge in [-0.15, -0.1) is 0 Å². The lowest BCUT2D eigenvalue weighted by Gasteiger charge is -2.33. The van der Waals surface area contributed by atoms with Crippen molar-refractivity contribution in [2.45, 2.75) is 25.8 Å². The van der Waals surface area contributed by atoms with Crippen LogP contribution in [-0.4, -0.2) is 53.5 Å². The molecule has 3 aromatic rings. The normalized spacial score (nSPS) is 17.1. The van der Waals surface area contributed by atoms with Gasteiger partial charge in [-0.2, -0.15) is 0 Å². The second kappa shape index (κ2) is 9.49. The van der Waals surface area contributed by atoms with Gasteiger partial charge in [-0.3, -0.25) is 14.6 Å². The fourth-order valence-corrected chi connectivity index (χ4v) is 4.18. The van der Waals surface area contributed by atoms with Gasteiger partial charge in [-0.1, -0.05) is 36.4 Å². The summed E-state index contributed by atoms with van der Waals surface area (Å²) in [6, 6.07) is 17.3. The van der Waals surface area contributed by atoms with E-state index >= 15 is 0 Å². The van der Waals surface area contributed by atoms with Crippen molar-refractivity contribution in [2.75, 3.05) is 26.3 Å². The summed E-state index contributed by atoms with van der Waals surface area (Å²) in [7, 11) is 0. The first-order chi connectivity index (χ1) is 15.4. The molecule has 1 fully saturated rings. The molecule has 2 amide bonds. The zero-order valence-electron chi connectivity index (χ0n) is 18.6. The van der Waals surface area contributed by atoms with Crippen molar-refractivity contribution in [1.29, 1.82) is 0 Å². The highest BCUT2D eigenvalue weighted by molar-refractivity contribution is 5.98. The standard InChI is InChI=1S/C26H29N3O3/c1-26(2,28-24(30)21-6-4-3-5-7-21)25(31)29-12-13-32-18-20(17-29)14-19-8-9-23-16-27-11-10-22(23)15-19/h3-11,15-16,20H,12-14,17-18H2,1-2H3,(H,28,30). The number of nitrogens with zero attached hydrogens (tertiary/aromatic N) is 2. The fourth-order valence-electron chi connectivity index (χ4n) is 4.18. The van der Waals surface area contributed by atoms with Crippen molar-refractivity contribution in [3.63, 3.8) is 0 Å². The van der Waals surface area contributed by atoms with Gasteiger partial charge in [0, 0.05) is 42.4 Å². The Morgan fingerprint density at radius 1 is 1.12 bits per heavy atom. The van der Waals surface area contributed by atoms with Gasteiger partial charge in [0.05, 0.1) is 13.2 Å². The highest BCUT2D eigenvalue weighted by atomic mass is 16.5. The van der Waals surface area contributed by atoms with Gasteiger partial charge < -0.3 is 15.0 Å². The Morgan fingerprint density at radius 3 is 2.75 bits per heavy atom. The summed E-state index contributed by atoms with van der Waals surface area (Å²) in [6.07, 6.45) is 4.48. The van der Waals surface area contributed by atoms with E-state index in [-0.39, 0.29) is 17.7 Å². The molecule has 6 heteroatoms. The largest absolute Gasteiger partial charge is 0.379 e. The average Bonchev–Trinajstić information content (AvgIpc) is 3.04. The monoisotopic (exact) mass is 431 g/mol. The van der Waals surface area contributed by atoms with Crippen molar-refractivity contribution < 1.29 is 14.3 Å². The van der Waals surface area contributed by atoms with Crippen LogP contribution >= 0.6 is 0 Å². The van der Waals surface area contributed by atoms with Gasteiger partial charge in [0.25, 0.3) is 5.91 Å². The molecule has 4 rings (SSSR count). The molecule has 2 heterocycles. The number of hydrogen-bond donors (Lipinski definition) is 1. The van der Waals surface area contributed by atoms with Crippen LogP contribution in [-0.2, 0) is 16.0 Å². The Hall–Kier alpha value is -3.25. The summed E-state index contributed by atoms with van der Waals surface area (Å²) < 4.78 is 5.82. The van der Waals surface area contributed by atoms with Crippen LogP contribution in [0.1, 0.15) is 29.8 Å². The predicted molar refractivity (Wildman–Crippen MR) is 124 cm³/mol. The van der Waals surface area contributed by atoms with Crippen molar-refractivity contribution in [3.8, 4) is 0 Å². The van der Waals surface area contributed by atoms with Crippen LogP contribution in [0.15, 0.2) is 67.0 Å². The molecule has 1 aliphatic rings. The topological polar surface area (TPSA) is 71.5 Å². The van der Waals surface area contributed by atoms with E-state index in [1.165, 1.54) is 5.56 Å². The van der Waals surface area contributed by atoms with E-state index < -0.39 is 5.54 Å². The highest BCUT2D eigenvalue weighted by Gasteiger charge is 2.35. The number of pyridine rings is 1. The molecule has 1 aromatic heterocycles. The smallest absolute Gasteiger partial charge is 0.252 e. The molecule has 32 heavy (non-hydrogen) atoms. The first kappa shape index (κ1) is 22.0. The lowest BCUT2D eigenvalue weighted by atomic mass is 9.96. The number of amides is 2. The van der Waals surface area contributed by atoms with Gasteiger partial charge in [0.15, 0.2) is 0 Å². The number of carbonyl (C=O) groups is 2. The number of nitrogens with one attached hydrogen (secondary N) is 1. The highest BCUT2D eigenvalue weighted by Crippen LogP contribution is 2.20. The van der Waals surface area contributed by atoms with Crippen LogP contribution in [0.3, 0.4) is 0 Å². The molecule has 0 aliphatic carbocycles. The molecular formula is C26H29N3O3. The fraction of sp³-hybridized carbons (Fsp3) is 0.346. The van der Waals surface area contributed by atoms with E-state index in [0.717, 1.165) is 17.2 Å². The maximum Gasteiger partial charge on any atom is 0.252 e. The van der Waals surface area contributed by atoms with Gasteiger partial charge >= 0.3 is 0 Å². The van der Waals surface area contributed by atoms with Crippen LogP contribution in [0.25, 0.3) is 10.8 Å². The third kappa shape index (κ3) is 5.14. The molecule has 0 spiro atoms. The molecule has 0 saturated carbocycles. The number of aromatic nitrogens is 1. The van der Waals surface area contributed by atoms with Crippen LogP contribution in [0.5, 0.6) is 0 Å². The van der Waals surface area contributed by atoms with Crippen LogP contribution < -0.4 is 5.32 Å². The summed E-state index contributed by atoms with van der Waals surface area (Å²) in [4.78, 5) is 32.0. The Balaban J connectivity index is 1.44. The van der Waals surface area contributed by atoms with Crippen molar-refractivity contribution in [2.24, 2.45) is 5.92 Å². The van der Waals surface area contributed by atoms with Crippen LogP contribution in [0.2, 0.25) is 0 Å². The second-order valence-electron chi connectivity index (χ2n) is 8.90. The first-order valence-electron chi connectivity index (χ1n) is 11.0. The Kier molecular flexibility index (Phi) is 6.51. The summed E-state index contributed by atoms with van der Waals surface area (Å²) in [5.41, 5.74) is 0.734. The maximum absolute atomic E-state index is 13.4. The number of rotatable bonds is 5. The van der Waals surface area contributed by atoms with Gasteiger partial charge in [-0.25, -0.2) is 0 Å². The SMILES string of the molecule is CC(C)(NC(=O)c1ccccc1)C(=O)N1CCOCC(Cc2ccc3cnccc3c2)C1. The zero-order valence-corrected chi connectivity index (χ0v) is 18.6. The van der Waals surface area contributed by atoms with E-state index in [0.29, 0.717) is 31.9 Å². The van der Waals surface area contributed by atoms with E-state index in [4.69, 9.17) is 4.74 Å². The molecule has 0 radical (unpaired) electrons. The molecule has 1 aliphatic heterocycles. The second-order valence-corrected chi connectivity index (χ2v) is 8.90. The quantitative estimate of drug-likeness (QED) is 0.672. The number of fused-ring (bicyclic) bond motifs is 1. The molecule has 6 nitrogen and oxygen atoms in total. The molecule has 166 valence electrons. The molecule has 0 bridgehead atoms. The number of benzene rings is 2. The third-order valence-corrected chi connectivity index (χ3v) is 5.85. The van der Waals surface area contributed by atoms with E-state index in [1.54, 1.807) is 32.2 Å². The lowest BCUT2D eigenvalue weighted by molar-refractivity contribution is -0.137. The summed E-state index contributed by atoms with van der Waals surface area (Å²) >= 11 is 0. The van der Waals surface area contributed by atoms with E-state index in [2.05, 4.69) is 28.5 Å². The molecule has 1 atom stereocenters. The lowest BCUT2D eigenvalue weighted by Crippen LogP contribution is -2.56. The summed E-state index contributed by atoms with van der Waals surface area (Å²) in [6.45, 7) is 5.73. The number of carbonyl (C=O) groups excluding carboxylic acids is 2. The Bertz CT molecular complexity index is 1100. The minimum absolute atomic E-state index is 0.0955. The summed E-state index contributed by atoms with van der Waals surface area (Å²) in [5.74, 6) is -0.166. The molecule has 1 unspecified atom stereocenters. The third-order valence-electron chi connectivity index (χ3n) is 5.85. The average molecular weight is 432 g/mol. The van der Waals surface area contributed by atoms with Crippen LogP contribution in [0, 0.1) is 5.92 Å². The molecule has 1 saturated heterocycles. The predicted octanol–water partition coefficient (Wildman–Crippen LogP) is 3.46. The molecule has 1 N–H and O–H groups in total.